The van der Waals surface area contributed by atoms with E-state index in [4.69, 9.17) is 33.4 Å². The van der Waals surface area contributed by atoms with Crippen LogP contribution in [0.1, 0.15) is 12.0 Å². The number of aromatic nitrogens is 1. The van der Waals surface area contributed by atoms with Gasteiger partial charge in [0, 0.05) is 40.5 Å². The molecule has 0 saturated carbocycles. The molecule has 0 aliphatic heterocycles. The number of nitrogens with two attached hydrogens (primary N) is 1. The molecule has 126 valence electrons. The van der Waals surface area contributed by atoms with Crippen molar-refractivity contribution in [1.82, 2.24) is 4.57 Å². The quantitative estimate of drug-likeness (QED) is 0.695. The van der Waals surface area contributed by atoms with Gasteiger partial charge in [-0.05, 0) is 37.2 Å². The first-order chi connectivity index (χ1) is 11.6. The molecule has 3 rings (SSSR count). The van der Waals surface area contributed by atoms with Crippen LogP contribution in [0.15, 0.2) is 45.6 Å². The minimum atomic E-state index is -0.371. The molecule has 0 spiro atoms. The van der Waals surface area contributed by atoms with Crippen molar-refractivity contribution < 1.29 is 4.42 Å². The normalized spacial score (nSPS) is 11.1. The Bertz CT molecular complexity index is 898. The van der Waals surface area contributed by atoms with Gasteiger partial charge in [0.25, 0.3) is 0 Å². The summed E-state index contributed by atoms with van der Waals surface area (Å²) < 4.78 is 6.90. The van der Waals surface area contributed by atoms with E-state index in [1.54, 1.807) is 28.8 Å². The molecule has 0 fully saturated rings. The van der Waals surface area contributed by atoms with Crippen molar-refractivity contribution in [3.05, 3.63) is 62.6 Å². The summed E-state index contributed by atoms with van der Waals surface area (Å²) in [5, 5.41) is 4.46. The Labute approximate surface area is 149 Å². The van der Waals surface area contributed by atoms with Crippen molar-refractivity contribution in [3.63, 3.8) is 0 Å². The maximum atomic E-state index is 11.9. The predicted molar refractivity (Wildman–Crippen MR) is 97.9 cm³/mol. The van der Waals surface area contributed by atoms with Gasteiger partial charge in [0.15, 0.2) is 5.58 Å². The smallest absolute Gasteiger partial charge is 0.408 e. The maximum Gasteiger partial charge on any atom is 0.419 e. The summed E-state index contributed by atoms with van der Waals surface area (Å²) in [5.74, 6) is -0.371. The van der Waals surface area contributed by atoms with Gasteiger partial charge in [-0.25, -0.2) is 4.79 Å². The number of halogens is 2. The zero-order valence-electron chi connectivity index (χ0n) is 12.9. The first kappa shape index (κ1) is 16.9. The number of aryl methyl sites for hydroxylation is 1. The van der Waals surface area contributed by atoms with Gasteiger partial charge < -0.3 is 15.5 Å². The number of nitrogens with zero attached hydrogens (tertiary/aromatic N) is 1. The molecule has 3 N–H and O–H groups in total. The molecule has 7 heteroatoms. The van der Waals surface area contributed by atoms with Gasteiger partial charge in [-0.1, -0.05) is 29.3 Å². The van der Waals surface area contributed by atoms with Crippen molar-refractivity contribution in [2.45, 2.75) is 19.5 Å². The maximum absolute atomic E-state index is 11.9. The molecule has 2 aromatic carbocycles. The molecular formula is C17H17Cl2N3O2. The molecule has 0 saturated heterocycles. The van der Waals surface area contributed by atoms with Crippen LogP contribution >= 0.6 is 23.2 Å². The fourth-order valence-electron chi connectivity index (χ4n) is 2.53. The Balaban J connectivity index is 1.83. The molecule has 1 aromatic heterocycles. The molecule has 0 amide bonds. The highest BCUT2D eigenvalue weighted by atomic mass is 35.5. The number of hydrogen-bond acceptors (Lipinski definition) is 4. The van der Waals surface area contributed by atoms with E-state index in [0.717, 1.165) is 23.2 Å². The fourth-order valence-corrected chi connectivity index (χ4v) is 3.06. The molecule has 1 heterocycles. The van der Waals surface area contributed by atoms with Gasteiger partial charge in [-0.2, -0.15) is 0 Å². The van der Waals surface area contributed by atoms with E-state index in [1.807, 2.05) is 12.1 Å². The Morgan fingerprint density at radius 1 is 1.17 bits per heavy atom. The van der Waals surface area contributed by atoms with Crippen molar-refractivity contribution in [3.8, 4) is 0 Å². The second kappa shape index (κ2) is 7.30. The summed E-state index contributed by atoms with van der Waals surface area (Å²) in [6, 6.07) is 10.9. The number of anilines is 1. The molecule has 0 unspecified atom stereocenters. The summed E-state index contributed by atoms with van der Waals surface area (Å²) in [7, 11) is 0. The lowest BCUT2D eigenvalue weighted by Crippen LogP contribution is -2.16. The van der Waals surface area contributed by atoms with Crippen molar-refractivity contribution in [2.24, 2.45) is 5.73 Å². The van der Waals surface area contributed by atoms with Gasteiger partial charge in [0.2, 0.25) is 0 Å². The first-order valence-electron chi connectivity index (χ1n) is 7.60. The summed E-state index contributed by atoms with van der Waals surface area (Å²) in [6.45, 7) is 1.55. The number of fused-ring (bicyclic) bond motifs is 1. The van der Waals surface area contributed by atoms with E-state index in [9.17, 15) is 4.79 Å². The Hall–Kier alpha value is -1.95. The summed E-state index contributed by atoms with van der Waals surface area (Å²) in [4.78, 5) is 11.9. The predicted octanol–water partition coefficient (Wildman–Crippen LogP) is 3.86. The average molecular weight is 366 g/mol. The lowest BCUT2D eigenvalue weighted by Gasteiger charge is -2.10. The Morgan fingerprint density at radius 2 is 1.92 bits per heavy atom. The van der Waals surface area contributed by atoms with Crippen LogP contribution < -0.4 is 16.8 Å². The molecule has 0 aliphatic rings. The summed E-state index contributed by atoms with van der Waals surface area (Å²) in [6.07, 6.45) is 0.722. The van der Waals surface area contributed by atoms with Crippen LogP contribution in [0.3, 0.4) is 0 Å². The minimum Gasteiger partial charge on any atom is -0.408 e. The Morgan fingerprint density at radius 3 is 2.62 bits per heavy atom. The third kappa shape index (κ3) is 3.43. The second-order valence-electron chi connectivity index (χ2n) is 5.40. The molecule has 5 nitrogen and oxygen atoms in total. The average Bonchev–Trinajstić information content (AvgIpc) is 2.87. The van der Waals surface area contributed by atoms with E-state index in [2.05, 4.69) is 5.32 Å². The molecule has 0 bridgehead atoms. The fraction of sp³-hybridized carbons (Fsp3) is 0.235. The van der Waals surface area contributed by atoms with E-state index in [-0.39, 0.29) is 5.76 Å². The van der Waals surface area contributed by atoms with Crippen LogP contribution in [0.25, 0.3) is 11.1 Å². The van der Waals surface area contributed by atoms with Crippen LogP contribution in [-0.4, -0.2) is 11.1 Å². The molecular weight excluding hydrogens is 349 g/mol. The third-order valence-corrected chi connectivity index (χ3v) is 4.49. The van der Waals surface area contributed by atoms with Crippen molar-refractivity contribution in [1.29, 1.82) is 0 Å². The molecule has 24 heavy (non-hydrogen) atoms. The van der Waals surface area contributed by atoms with Crippen LogP contribution in [0.2, 0.25) is 10.0 Å². The molecule has 0 atom stereocenters. The lowest BCUT2D eigenvalue weighted by molar-refractivity contribution is 0.499. The van der Waals surface area contributed by atoms with Crippen molar-refractivity contribution >= 4 is 40.0 Å². The monoisotopic (exact) mass is 365 g/mol. The standard InChI is InChI=1S/C17H17Cl2N3O2/c18-13-3-1-4-14(19)12(13)10-21-11-5-6-15-16(9-11)24-17(23)22(15)8-2-7-20/h1,3-6,9,21H,2,7-8,10,20H2. The first-order valence-corrected chi connectivity index (χ1v) is 8.36. The second-order valence-corrected chi connectivity index (χ2v) is 6.21. The highest BCUT2D eigenvalue weighted by Crippen LogP contribution is 2.26. The van der Waals surface area contributed by atoms with Crippen LogP contribution in [0.5, 0.6) is 0 Å². The largest absolute Gasteiger partial charge is 0.419 e. The van der Waals surface area contributed by atoms with E-state index in [1.165, 1.54) is 0 Å². The van der Waals surface area contributed by atoms with Gasteiger partial charge in [0.05, 0.1) is 5.52 Å². The Kier molecular flexibility index (Phi) is 5.14. The van der Waals surface area contributed by atoms with Crippen LogP contribution in [-0.2, 0) is 13.1 Å². The van der Waals surface area contributed by atoms with Gasteiger partial charge >= 0.3 is 5.76 Å². The lowest BCUT2D eigenvalue weighted by atomic mass is 10.2. The van der Waals surface area contributed by atoms with E-state index in [0.29, 0.717) is 35.3 Å². The highest BCUT2D eigenvalue weighted by molar-refractivity contribution is 6.36. The van der Waals surface area contributed by atoms with Gasteiger partial charge in [-0.3, -0.25) is 4.57 Å². The molecule has 0 radical (unpaired) electrons. The summed E-state index contributed by atoms with van der Waals surface area (Å²) >= 11 is 12.3. The third-order valence-electron chi connectivity index (χ3n) is 3.79. The number of rotatable bonds is 6. The van der Waals surface area contributed by atoms with Crippen LogP contribution in [0.4, 0.5) is 5.69 Å². The van der Waals surface area contributed by atoms with E-state index < -0.39 is 0 Å². The number of hydrogen-bond donors (Lipinski definition) is 2. The topological polar surface area (TPSA) is 73.2 Å². The number of benzene rings is 2. The zero-order valence-corrected chi connectivity index (χ0v) is 14.4. The van der Waals surface area contributed by atoms with Gasteiger partial charge in [0.1, 0.15) is 0 Å². The molecule has 0 aliphatic carbocycles. The highest BCUT2D eigenvalue weighted by Gasteiger charge is 2.10. The number of oxazole rings is 1. The van der Waals surface area contributed by atoms with Crippen molar-refractivity contribution in [2.75, 3.05) is 11.9 Å². The van der Waals surface area contributed by atoms with E-state index >= 15 is 0 Å². The zero-order chi connectivity index (χ0) is 17.1. The number of nitrogens with one attached hydrogen (secondary N) is 1. The van der Waals surface area contributed by atoms with Crippen LogP contribution in [0, 0.1) is 0 Å². The SMILES string of the molecule is NCCCn1c(=O)oc2cc(NCc3c(Cl)cccc3Cl)ccc21. The molecule has 3 aromatic rings. The minimum absolute atomic E-state index is 0.371. The van der Waals surface area contributed by atoms with Gasteiger partial charge in [-0.15, -0.1) is 0 Å². The summed E-state index contributed by atoms with van der Waals surface area (Å²) in [5.41, 5.74) is 8.44.